The number of hydrogen-bond acceptors (Lipinski definition) is 0. The van der Waals surface area contributed by atoms with Crippen molar-refractivity contribution in [3.63, 3.8) is 0 Å². The van der Waals surface area contributed by atoms with Gasteiger partial charge in [0.1, 0.15) is 0 Å². The molecule has 1 aromatic rings. The summed E-state index contributed by atoms with van der Waals surface area (Å²) < 4.78 is -1.75. The number of hydrogen-bond donors (Lipinski definition) is 0. The van der Waals surface area contributed by atoms with Crippen LogP contribution in [0.4, 0.5) is 0 Å². The molecular formula is C9H4Cl8. The first-order valence-electron chi connectivity index (χ1n) is 4.13. The summed E-state index contributed by atoms with van der Waals surface area (Å²) in [6, 6.07) is 0. The number of alkyl halides is 5. The Morgan fingerprint density at radius 3 is 1.53 bits per heavy atom. The molecule has 8 heteroatoms. The van der Waals surface area contributed by atoms with Crippen molar-refractivity contribution < 1.29 is 0 Å². The quantitative estimate of drug-likeness (QED) is 0.375. The first-order chi connectivity index (χ1) is 7.75. The largest absolute Gasteiger partial charge is 0.217 e. The minimum Gasteiger partial charge on any atom is -0.122 e. The van der Waals surface area contributed by atoms with Crippen LogP contribution in [-0.2, 0) is 15.6 Å². The smallest absolute Gasteiger partial charge is 0.122 e. The van der Waals surface area contributed by atoms with E-state index in [4.69, 9.17) is 92.8 Å². The topological polar surface area (TPSA) is 0 Å². The fourth-order valence-electron chi connectivity index (χ4n) is 1.34. The molecule has 0 N–H and O–H groups in total. The van der Waals surface area contributed by atoms with E-state index in [0.29, 0.717) is 11.1 Å². The van der Waals surface area contributed by atoms with Crippen LogP contribution in [0.1, 0.15) is 16.7 Å². The molecule has 0 aliphatic carbocycles. The van der Waals surface area contributed by atoms with Gasteiger partial charge in [0.05, 0.1) is 15.1 Å². The van der Waals surface area contributed by atoms with Gasteiger partial charge < -0.3 is 0 Å². The lowest BCUT2D eigenvalue weighted by Crippen LogP contribution is -2.09. The van der Waals surface area contributed by atoms with Crippen molar-refractivity contribution in [2.45, 2.75) is 15.6 Å². The van der Waals surface area contributed by atoms with Gasteiger partial charge in [0.2, 0.25) is 3.79 Å². The maximum Gasteiger partial charge on any atom is 0.217 e. The molecule has 0 aromatic heterocycles. The van der Waals surface area contributed by atoms with Crippen LogP contribution in [0.2, 0.25) is 15.1 Å². The van der Waals surface area contributed by atoms with Gasteiger partial charge in [-0.05, 0) is 11.1 Å². The highest BCUT2D eigenvalue weighted by Gasteiger charge is 2.33. The first-order valence-corrected chi connectivity index (χ1v) is 7.46. The third-order valence-corrected chi connectivity index (χ3v) is 4.55. The Morgan fingerprint density at radius 1 is 0.706 bits per heavy atom. The Morgan fingerprint density at radius 2 is 1.18 bits per heavy atom. The summed E-state index contributed by atoms with van der Waals surface area (Å²) in [6.45, 7) is 0. The van der Waals surface area contributed by atoms with Gasteiger partial charge >= 0.3 is 0 Å². The second-order valence-electron chi connectivity index (χ2n) is 3.04. The molecule has 0 spiro atoms. The molecule has 0 heterocycles. The van der Waals surface area contributed by atoms with E-state index in [-0.39, 0.29) is 32.4 Å². The monoisotopic (exact) mass is 392 g/mol. The van der Waals surface area contributed by atoms with Crippen molar-refractivity contribution >= 4 is 92.8 Å². The zero-order chi connectivity index (χ0) is 13.4. The van der Waals surface area contributed by atoms with E-state index < -0.39 is 3.79 Å². The molecule has 0 saturated heterocycles. The van der Waals surface area contributed by atoms with Crippen LogP contribution >= 0.6 is 92.8 Å². The van der Waals surface area contributed by atoms with E-state index in [9.17, 15) is 0 Å². The molecule has 0 bridgehead atoms. The Balaban J connectivity index is 3.75. The molecule has 0 saturated carbocycles. The molecule has 0 radical (unpaired) electrons. The van der Waals surface area contributed by atoms with E-state index in [1.807, 2.05) is 0 Å². The highest BCUT2D eigenvalue weighted by atomic mass is 35.6. The molecule has 0 fully saturated rings. The molecule has 0 aliphatic heterocycles. The number of benzene rings is 1. The number of halogens is 8. The SMILES string of the molecule is ClCc1c(Cl)c(Cl)c(Cl)c(C(Cl)(Cl)Cl)c1CCl. The van der Waals surface area contributed by atoms with Crippen molar-refractivity contribution in [3.05, 3.63) is 31.8 Å². The highest BCUT2D eigenvalue weighted by molar-refractivity contribution is 6.67. The zero-order valence-corrected chi connectivity index (χ0v) is 14.0. The van der Waals surface area contributed by atoms with Gasteiger partial charge in [0, 0.05) is 17.3 Å². The van der Waals surface area contributed by atoms with Gasteiger partial charge in [0.25, 0.3) is 0 Å². The van der Waals surface area contributed by atoms with Crippen molar-refractivity contribution in [3.8, 4) is 0 Å². The van der Waals surface area contributed by atoms with Crippen molar-refractivity contribution in [1.29, 1.82) is 0 Å². The van der Waals surface area contributed by atoms with Crippen LogP contribution in [0.3, 0.4) is 0 Å². The molecule has 17 heavy (non-hydrogen) atoms. The van der Waals surface area contributed by atoms with Gasteiger partial charge in [-0.15, -0.1) is 23.2 Å². The molecule has 0 amide bonds. The second kappa shape index (κ2) is 6.33. The van der Waals surface area contributed by atoms with Crippen LogP contribution in [0.25, 0.3) is 0 Å². The van der Waals surface area contributed by atoms with Crippen LogP contribution in [0, 0.1) is 0 Å². The van der Waals surface area contributed by atoms with Crippen LogP contribution in [0.15, 0.2) is 0 Å². The molecule has 96 valence electrons. The van der Waals surface area contributed by atoms with Gasteiger partial charge in [0.15, 0.2) is 0 Å². The fourth-order valence-corrected chi connectivity index (χ4v) is 3.65. The normalized spacial score (nSPS) is 12.0. The van der Waals surface area contributed by atoms with Gasteiger partial charge in [-0.3, -0.25) is 0 Å². The average molecular weight is 396 g/mol. The zero-order valence-electron chi connectivity index (χ0n) is 7.94. The predicted octanol–water partition coefficient (Wildman–Crippen LogP) is 6.95. The summed E-state index contributed by atoms with van der Waals surface area (Å²) in [6.07, 6.45) is 0. The lowest BCUT2D eigenvalue weighted by atomic mass is 10.0. The Kier molecular flexibility index (Phi) is 6.18. The van der Waals surface area contributed by atoms with Crippen LogP contribution < -0.4 is 0 Å². The van der Waals surface area contributed by atoms with Crippen molar-refractivity contribution in [1.82, 2.24) is 0 Å². The van der Waals surface area contributed by atoms with E-state index in [2.05, 4.69) is 0 Å². The van der Waals surface area contributed by atoms with Crippen molar-refractivity contribution in [2.24, 2.45) is 0 Å². The third-order valence-electron chi connectivity index (χ3n) is 2.09. The minimum atomic E-state index is -1.75. The van der Waals surface area contributed by atoms with Gasteiger partial charge in [-0.25, -0.2) is 0 Å². The molecule has 0 aliphatic rings. The summed E-state index contributed by atoms with van der Waals surface area (Å²) in [7, 11) is 0. The second-order valence-corrected chi connectivity index (χ2v) is 6.99. The predicted molar refractivity (Wildman–Crippen MR) is 79.8 cm³/mol. The van der Waals surface area contributed by atoms with E-state index in [1.165, 1.54) is 0 Å². The number of rotatable bonds is 2. The van der Waals surface area contributed by atoms with Gasteiger partial charge in [-0.1, -0.05) is 69.6 Å². The third kappa shape index (κ3) is 3.35. The summed E-state index contributed by atoms with van der Waals surface area (Å²) in [5.74, 6) is 0.146. The summed E-state index contributed by atoms with van der Waals surface area (Å²) in [4.78, 5) is 0. The Labute approximate surface area is 139 Å². The summed E-state index contributed by atoms with van der Waals surface area (Å²) in [5.41, 5.74) is 1.21. The lowest BCUT2D eigenvalue weighted by molar-refractivity contribution is 1.13. The standard InChI is InChI=1S/C9H4Cl8/c10-1-3-4(2-11)6(12)8(14)7(13)5(3)9(15,16)17/h1-2H2. The summed E-state index contributed by atoms with van der Waals surface area (Å²) in [5, 5.41) is 0.390. The Hall–Kier alpha value is 1.54. The van der Waals surface area contributed by atoms with E-state index in [0.717, 1.165) is 0 Å². The fraction of sp³-hybridized carbons (Fsp3) is 0.333. The summed E-state index contributed by atoms with van der Waals surface area (Å²) >= 11 is 47.1. The van der Waals surface area contributed by atoms with E-state index in [1.54, 1.807) is 0 Å². The maximum absolute atomic E-state index is 6.02. The highest BCUT2D eigenvalue weighted by Crippen LogP contribution is 2.50. The molecule has 1 rings (SSSR count). The minimum absolute atomic E-state index is 0.0574. The van der Waals surface area contributed by atoms with Crippen LogP contribution in [-0.4, -0.2) is 0 Å². The van der Waals surface area contributed by atoms with E-state index >= 15 is 0 Å². The molecular weight excluding hydrogens is 392 g/mol. The molecule has 0 atom stereocenters. The maximum atomic E-state index is 6.02. The van der Waals surface area contributed by atoms with Gasteiger partial charge in [-0.2, -0.15) is 0 Å². The average Bonchev–Trinajstić information content (AvgIpc) is 2.23. The molecule has 0 nitrogen and oxygen atoms in total. The van der Waals surface area contributed by atoms with Crippen molar-refractivity contribution in [2.75, 3.05) is 0 Å². The molecule has 1 aromatic carbocycles. The molecule has 0 unspecified atom stereocenters. The Bertz CT molecular complexity index is 434. The van der Waals surface area contributed by atoms with Crippen LogP contribution in [0.5, 0.6) is 0 Å². The lowest BCUT2D eigenvalue weighted by Gasteiger charge is -2.21. The first kappa shape index (κ1) is 16.6.